The van der Waals surface area contributed by atoms with Crippen molar-refractivity contribution >= 4 is 54.4 Å². The van der Waals surface area contributed by atoms with E-state index in [0.29, 0.717) is 0 Å². The van der Waals surface area contributed by atoms with E-state index < -0.39 is 0 Å². The molecule has 43 heavy (non-hydrogen) atoms. The molecule has 4 nitrogen and oxygen atoms in total. The van der Waals surface area contributed by atoms with Gasteiger partial charge in [-0.05, 0) is 71.6 Å². The van der Waals surface area contributed by atoms with Gasteiger partial charge in [0, 0.05) is 50.1 Å². The molecule has 0 atom stereocenters. The van der Waals surface area contributed by atoms with Gasteiger partial charge in [0.05, 0.1) is 28.3 Å². The maximum atomic E-state index is 6.41. The topological polar surface area (TPSA) is 32.0 Å². The number of ether oxygens (including phenoxy) is 1. The number of fused-ring (bicyclic) bond motifs is 9. The Labute approximate surface area is 246 Å². The molecular formula is C39H23N3O. The first-order valence-corrected chi connectivity index (χ1v) is 14.6. The van der Waals surface area contributed by atoms with Gasteiger partial charge in [-0.2, -0.15) is 0 Å². The van der Waals surface area contributed by atoms with Gasteiger partial charge in [0.15, 0.2) is 0 Å². The number of para-hydroxylation sites is 3. The molecule has 0 radical (unpaired) electrons. The van der Waals surface area contributed by atoms with Gasteiger partial charge in [0.1, 0.15) is 11.5 Å². The van der Waals surface area contributed by atoms with Crippen LogP contribution in [0.4, 0.5) is 0 Å². The third-order valence-corrected chi connectivity index (χ3v) is 8.98. The summed E-state index contributed by atoms with van der Waals surface area (Å²) in [5, 5.41) is 7.20. The average Bonchev–Trinajstić information content (AvgIpc) is 3.58. The Morgan fingerprint density at radius 2 is 1.21 bits per heavy atom. The van der Waals surface area contributed by atoms with Crippen molar-refractivity contribution in [2.24, 2.45) is 0 Å². The zero-order valence-corrected chi connectivity index (χ0v) is 23.0. The minimum Gasteiger partial charge on any atom is -0.456 e. The maximum absolute atomic E-state index is 6.41. The third kappa shape index (κ3) is 3.02. The lowest BCUT2D eigenvalue weighted by molar-refractivity contribution is 0.487. The van der Waals surface area contributed by atoms with Crippen LogP contribution in [-0.4, -0.2) is 14.1 Å². The number of rotatable bonds is 2. The zero-order valence-electron chi connectivity index (χ0n) is 23.0. The Morgan fingerprint density at radius 3 is 2.16 bits per heavy atom. The minimum absolute atomic E-state index is 0.890. The van der Waals surface area contributed by atoms with Gasteiger partial charge in [-0.3, -0.25) is 4.98 Å². The van der Waals surface area contributed by atoms with E-state index in [1.807, 2.05) is 18.5 Å². The van der Waals surface area contributed by atoms with Crippen molar-refractivity contribution in [3.05, 3.63) is 140 Å². The van der Waals surface area contributed by atoms with Crippen molar-refractivity contribution in [2.75, 3.05) is 0 Å². The highest BCUT2D eigenvalue weighted by Crippen LogP contribution is 2.50. The number of benzene rings is 6. The molecule has 0 saturated carbocycles. The predicted octanol–water partition coefficient (Wildman–Crippen LogP) is 10.2. The van der Waals surface area contributed by atoms with Crippen molar-refractivity contribution in [1.82, 2.24) is 14.1 Å². The van der Waals surface area contributed by atoms with E-state index in [-0.39, 0.29) is 0 Å². The van der Waals surface area contributed by atoms with Gasteiger partial charge < -0.3 is 13.9 Å². The molecule has 4 heteroatoms. The number of hydrogen-bond acceptors (Lipinski definition) is 2. The fourth-order valence-corrected chi connectivity index (χ4v) is 7.23. The SMILES string of the molecule is c1ccc(-n2c3ccccc3c3cc(-n4c5cnccc5c5c6cccc7c6c(cc54)-c4ccccc4O7)ccc32)cc1. The van der Waals surface area contributed by atoms with Crippen LogP contribution in [-0.2, 0) is 0 Å². The summed E-state index contributed by atoms with van der Waals surface area (Å²) in [7, 11) is 0. The van der Waals surface area contributed by atoms with Gasteiger partial charge in [-0.15, -0.1) is 0 Å². The summed E-state index contributed by atoms with van der Waals surface area (Å²) in [5.74, 6) is 1.79. The summed E-state index contributed by atoms with van der Waals surface area (Å²) in [5.41, 5.74) is 9.20. The smallest absolute Gasteiger partial charge is 0.135 e. The third-order valence-electron chi connectivity index (χ3n) is 8.98. The molecule has 0 bridgehead atoms. The lowest BCUT2D eigenvalue weighted by Gasteiger charge is -2.22. The zero-order chi connectivity index (χ0) is 28.1. The van der Waals surface area contributed by atoms with Crippen LogP contribution in [0.25, 0.3) is 76.9 Å². The van der Waals surface area contributed by atoms with Crippen LogP contribution in [0.15, 0.2) is 140 Å². The van der Waals surface area contributed by atoms with Crippen LogP contribution in [0.2, 0.25) is 0 Å². The molecule has 1 aliphatic heterocycles. The first-order valence-electron chi connectivity index (χ1n) is 14.6. The molecule has 0 aliphatic carbocycles. The summed E-state index contributed by atoms with van der Waals surface area (Å²) in [6.45, 7) is 0. The Hall–Kier alpha value is -5.87. The molecule has 10 rings (SSSR count). The van der Waals surface area contributed by atoms with E-state index >= 15 is 0 Å². The van der Waals surface area contributed by atoms with E-state index in [0.717, 1.165) is 44.9 Å². The standard InChI is InChI=1S/C39H23N3O/c1-2-9-24(10-3-1)41-32-14-6-4-11-26(32)30-21-25(17-18-33(30)41)42-34-22-31-27-12-5-7-15-36(27)43-37-16-8-13-29(39(31)37)38(34)28-19-20-40-23-35(28)42/h1-23H. The Bertz CT molecular complexity index is 2590. The second-order valence-corrected chi connectivity index (χ2v) is 11.2. The van der Waals surface area contributed by atoms with Crippen molar-refractivity contribution in [3.63, 3.8) is 0 Å². The van der Waals surface area contributed by atoms with Crippen molar-refractivity contribution in [3.8, 4) is 34.0 Å². The highest BCUT2D eigenvalue weighted by molar-refractivity contribution is 6.26. The molecule has 0 saturated heterocycles. The molecular weight excluding hydrogens is 526 g/mol. The largest absolute Gasteiger partial charge is 0.456 e. The summed E-state index contributed by atoms with van der Waals surface area (Å²) >= 11 is 0. The monoisotopic (exact) mass is 549 g/mol. The first kappa shape index (κ1) is 22.8. The van der Waals surface area contributed by atoms with Crippen molar-refractivity contribution in [2.45, 2.75) is 0 Å². The molecule has 6 aromatic carbocycles. The number of aromatic nitrogens is 3. The summed E-state index contributed by atoms with van der Waals surface area (Å²) in [4.78, 5) is 4.59. The summed E-state index contributed by atoms with van der Waals surface area (Å²) in [6, 6.07) is 45.3. The van der Waals surface area contributed by atoms with Gasteiger partial charge >= 0.3 is 0 Å². The molecule has 3 aromatic heterocycles. The Morgan fingerprint density at radius 1 is 0.442 bits per heavy atom. The second kappa shape index (κ2) is 8.34. The first-order chi connectivity index (χ1) is 21.3. The molecule has 0 amide bonds. The fourth-order valence-electron chi connectivity index (χ4n) is 7.23. The molecule has 0 N–H and O–H groups in total. The molecule has 0 unspecified atom stereocenters. The molecule has 0 fully saturated rings. The quantitative estimate of drug-likeness (QED) is 0.215. The van der Waals surface area contributed by atoms with E-state index in [4.69, 9.17) is 4.74 Å². The molecule has 200 valence electrons. The summed E-state index contributed by atoms with van der Waals surface area (Å²) < 4.78 is 11.1. The van der Waals surface area contributed by atoms with E-state index in [9.17, 15) is 0 Å². The lowest BCUT2D eigenvalue weighted by Crippen LogP contribution is -1.99. The van der Waals surface area contributed by atoms with Gasteiger partial charge in [0.2, 0.25) is 0 Å². The van der Waals surface area contributed by atoms with Crippen LogP contribution in [0.5, 0.6) is 11.5 Å². The molecule has 1 aliphatic rings. The summed E-state index contributed by atoms with van der Waals surface area (Å²) in [6.07, 6.45) is 3.89. The predicted molar refractivity (Wildman–Crippen MR) is 176 cm³/mol. The highest BCUT2D eigenvalue weighted by Gasteiger charge is 2.25. The number of pyridine rings is 1. The van der Waals surface area contributed by atoms with Crippen molar-refractivity contribution < 1.29 is 4.74 Å². The van der Waals surface area contributed by atoms with E-state index in [1.165, 1.54) is 43.5 Å². The highest BCUT2D eigenvalue weighted by atomic mass is 16.5. The second-order valence-electron chi connectivity index (χ2n) is 11.2. The van der Waals surface area contributed by atoms with Crippen LogP contribution >= 0.6 is 0 Å². The Balaban J connectivity index is 1.34. The van der Waals surface area contributed by atoms with E-state index in [1.54, 1.807) is 0 Å². The lowest BCUT2D eigenvalue weighted by atomic mass is 9.92. The Kier molecular flexibility index (Phi) is 4.42. The molecule has 9 aromatic rings. The normalized spacial score (nSPS) is 12.4. The fraction of sp³-hybridized carbons (Fsp3) is 0. The molecule has 0 spiro atoms. The minimum atomic E-state index is 0.890. The maximum Gasteiger partial charge on any atom is 0.135 e. The van der Waals surface area contributed by atoms with Crippen LogP contribution < -0.4 is 4.74 Å². The van der Waals surface area contributed by atoms with Crippen LogP contribution in [0.3, 0.4) is 0 Å². The van der Waals surface area contributed by atoms with Crippen molar-refractivity contribution in [1.29, 1.82) is 0 Å². The van der Waals surface area contributed by atoms with Gasteiger partial charge in [0.25, 0.3) is 0 Å². The number of nitrogens with zero attached hydrogens (tertiary/aromatic N) is 3. The van der Waals surface area contributed by atoms with Crippen LogP contribution in [0.1, 0.15) is 0 Å². The van der Waals surface area contributed by atoms with E-state index in [2.05, 4.69) is 135 Å². The van der Waals surface area contributed by atoms with Gasteiger partial charge in [-0.1, -0.05) is 66.7 Å². The van der Waals surface area contributed by atoms with Gasteiger partial charge in [-0.25, -0.2) is 0 Å². The molecule has 4 heterocycles. The number of hydrogen-bond donors (Lipinski definition) is 0. The van der Waals surface area contributed by atoms with Crippen LogP contribution in [0, 0.1) is 0 Å². The average molecular weight is 550 g/mol.